The van der Waals surface area contributed by atoms with Gasteiger partial charge in [-0.15, -0.1) is 12.4 Å². The van der Waals surface area contributed by atoms with E-state index in [2.05, 4.69) is 5.32 Å². The summed E-state index contributed by atoms with van der Waals surface area (Å²) < 4.78 is 13.9. The lowest BCUT2D eigenvalue weighted by Crippen LogP contribution is -2.40. The van der Waals surface area contributed by atoms with Crippen LogP contribution in [0.15, 0.2) is 24.3 Å². The summed E-state index contributed by atoms with van der Waals surface area (Å²) in [7, 11) is 0. The Morgan fingerprint density at radius 1 is 1.35 bits per heavy atom. The molecule has 2 aliphatic rings. The number of carbonyl (C=O) groups excluding carboxylic acids is 1. The van der Waals surface area contributed by atoms with Gasteiger partial charge in [-0.1, -0.05) is 18.2 Å². The lowest BCUT2D eigenvalue weighted by atomic mass is 9.91. The third-order valence-corrected chi connectivity index (χ3v) is 5.29. The molecule has 2 fully saturated rings. The molecule has 1 atom stereocenters. The maximum absolute atomic E-state index is 13.9. The second kappa shape index (κ2) is 7.18. The van der Waals surface area contributed by atoms with Crippen LogP contribution in [0.3, 0.4) is 0 Å². The molecule has 0 radical (unpaired) electrons. The molecule has 23 heavy (non-hydrogen) atoms. The van der Waals surface area contributed by atoms with E-state index in [9.17, 15) is 9.18 Å². The van der Waals surface area contributed by atoms with Crippen molar-refractivity contribution in [3.63, 3.8) is 0 Å². The van der Waals surface area contributed by atoms with Crippen molar-refractivity contribution >= 4 is 18.3 Å². The highest BCUT2D eigenvalue weighted by Gasteiger charge is 2.58. The van der Waals surface area contributed by atoms with E-state index in [0.29, 0.717) is 12.1 Å². The van der Waals surface area contributed by atoms with Crippen LogP contribution >= 0.6 is 12.4 Å². The Balaban J connectivity index is 0.00000192. The van der Waals surface area contributed by atoms with Gasteiger partial charge in [0.2, 0.25) is 5.91 Å². The summed E-state index contributed by atoms with van der Waals surface area (Å²) in [4.78, 5) is 14.8. The topological polar surface area (TPSA) is 32.3 Å². The SMILES string of the molecule is CC(C)N(Cc1ccccc1F)C(=O)C1CC12CCNCC2.Cl. The first kappa shape index (κ1) is 18.2. The molecule has 1 unspecified atom stereocenters. The molecular weight excluding hydrogens is 315 g/mol. The van der Waals surface area contributed by atoms with E-state index in [1.165, 1.54) is 6.07 Å². The van der Waals surface area contributed by atoms with E-state index >= 15 is 0 Å². The zero-order valence-electron chi connectivity index (χ0n) is 13.8. The average Bonchev–Trinajstić information content (AvgIpc) is 3.19. The van der Waals surface area contributed by atoms with Crippen LogP contribution < -0.4 is 5.32 Å². The van der Waals surface area contributed by atoms with Gasteiger partial charge in [0.05, 0.1) is 0 Å². The molecule has 3 nitrogen and oxygen atoms in total. The molecular formula is C18H26ClFN2O. The maximum atomic E-state index is 13.9. The Morgan fingerprint density at radius 3 is 2.61 bits per heavy atom. The van der Waals surface area contributed by atoms with Crippen molar-refractivity contribution in [2.45, 2.75) is 45.7 Å². The normalized spacial score (nSPS) is 21.8. The Labute approximate surface area is 144 Å². The van der Waals surface area contributed by atoms with Crippen LogP contribution in [0.25, 0.3) is 0 Å². The molecule has 5 heteroatoms. The van der Waals surface area contributed by atoms with Crippen LogP contribution in [-0.2, 0) is 11.3 Å². The number of piperidine rings is 1. The number of nitrogens with one attached hydrogen (secondary N) is 1. The molecule has 1 amide bonds. The first-order valence-electron chi connectivity index (χ1n) is 8.28. The Kier molecular flexibility index (Phi) is 5.69. The number of nitrogens with zero attached hydrogens (tertiary/aromatic N) is 1. The van der Waals surface area contributed by atoms with Gasteiger partial charge in [-0.05, 0) is 57.7 Å². The van der Waals surface area contributed by atoms with E-state index in [1.54, 1.807) is 12.1 Å². The van der Waals surface area contributed by atoms with Crippen LogP contribution in [0, 0.1) is 17.2 Å². The molecule has 1 spiro atoms. The van der Waals surface area contributed by atoms with Gasteiger partial charge in [0, 0.05) is 24.1 Å². The summed E-state index contributed by atoms with van der Waals surface area (Å²) in [6.07, 6.45) is 3.19. The van der Waals surface area contributed by atoms with E-state index in [1.807, 2.05) is 24.8 Å². The second-order valence-corrected chi connectivity index (χ2v) is 7.02. The molecule has 1 heterocycles. The van der Waals surface area contributed by atoms with E-state index in [0.717, 1.165) is 32.4 Å². The Morgan fingerprint density at radius 2 is 2.00 bits per heavy atom. The third kappa shape index (κ3) is 3.69. The number of hydrogen-bond acceptors (Lipinski definition) is 2. The van der Waals surface area contributed by atoms with Gasteiger partial charge in [-0.3, -0.25) is 4.79 Å². The standard InChI is InChI=1S/C18H25FN2O.ClH/c1-13(2)21(12-14-5-3-4-6-16(14)19)17(22)15-11-18(15)7-9-20-10-8-18;/h3-6,13,15,20H,7-12H2,1-2H3;1H. The fourth-order valence-corrected chi connectivity index (χ4v) is 3.70. The summed E-state index contributed by atoms with van der Waals surface area (Å²) in [5, 5.41) is 3.36. The van der Waals surface area contributed by atoms with E-state index in [-0.39, 0.29) is 41.5 Å². The Hall–Kier alpha value is -1.13. The van der Waals surface area contributed by atoms with Crippen molar-refractivity contribution in [2.24, 2.45) is 11.3 Å². The van der Waals surface area contributed by atoms with E-state index in [4.69, 9.17) is 0 Å². The van der Waals surface area contributed by atoms with Crippen molar-refractivity contribution in [3.8, 4) is 0 Å². The smallest absolute Gasteiger partial charge is 0.226 e. The molecule has 128 valence electrons. The predicted octanol–water partition coefficient (Wildman–Crippen LogP) is 3.37. The number of benzene rings is 1. The minimum atomic E-state index is -0.228. The van der Waals surface area contributed by atoms with Gasteiger partial charge in [0.1, 0.15) is 5.82 Å². The molecule has 1 saturated heterocycles. The van der Waals surface area contributed by atoms with Gasteiger partial charge < -0.3 is 10.2 Å². The number of hydrogen-bond donors (Lipinski definition) is 1. The fourth-order valence-electron chi connectivity index (χ4n) is 3.70. The lowest BCUT2D eigenvalue weighted by molar-refractivity contribution is -0.136. The van der Waals surface area contributed by atoms with Gasteiger partial charge >= 0.3 is 0 Å². The number of rotatable bonds is 4. The number of halogens is 2. The van der Waals surface area contributed by atoms with Crippen molar-refractivity contribution in [2.75, 3.05) is 13.1 Å². The minimum absolute atomic E-state index is 0. The van der Waals surface area contributed by atoms with Gasteiger partial charge in [0.25, 0.3) is 0 Å². The average molecular weight is 341 g/mol. The zero-order chi connectivity index (χ0) is 15.7. The quantitative estimate of drug-likeness (QED) is 0.911. The van der Waals surface area contributed by atoms with Crippen LogP contribution in [0.1, 0.15) is 38.7 Å². The summed E-state index contributed by atoms with van der Waals surface area (Å²) in [6.45, 7) is 6.41. The van der Waals surface area contributed by atoms with Crippen LogP contribution in [0.4, 0.5) is 4.39 Å². The van der Waals surface area contributed by atoms with Crippen molar-refractivity contribution in [3.05, 3.63) is 35.6 Å². The largest absolute Gasteiger partial charge is 0.336 e. The summed E-state index contributed by atoms with van der Waals surface area (Å²) in [5.74, 6) is 0.122. The van der Waals surface area contributed by atoms with Crippen molar-refractivity contribution in [1.82, 2.24) is 10.2 Å². The second-order valence-electron chi connectivity index (χ2n) is 7.02. The number of amides is 1. The highest BCUT2D eigenvalue weighted by Crippen LogP contribution is 2.59. The molecule has 1 saturated carbocycles. The van der Waals surface area contributed by atoms with Gasteiger partial charge in [0.15, 0.2) is 0 Å². The van der Waals surface area contributed by atoms with E-state index < -0.39 is 0 Å². The third-order valence-electron chi connectivity index (χ3n) is 5.29. The molecule has 1 aromatic rings. The van der Waals surface area contributed by atoms with Crippen molar-refractivity contribution < 1.29 is 9.18 Å². The van der Waals surface area contributed by atoms with Crippen LogP contribution in [0.5, 0.6) is 0 Å². The first-order chi connectivity index (χ1) is 10.5. The summed E-state index contributed by atoms with van der Waals surface area (Å²) in [6, 6.07) is 6.83. The molecule has 1 aromatic carbocycles. The van der Waals surface area contributed by atoms with Crippen molar-refractivity contribution in [1.29, 1.82) is 0 Å². The fraction of sp³-hybridized carbons (Fsp3) is 0.611. The molecule has 0 bridgehead atoms. The Bertz CT molecular complexity index is 558. The summed E-state index contributed by atoms with van der Waals surface area (Å²) in [5.41, 5.74) is 0.828. The highest BCUT2D eigenvalue weighted by atomic mass is 35.5. The summed E-state index contributed by atoms with van der Waals surface area (Å²) >= 11 is 0. The minimum Gasteiger partial charge on any atom is -0.336 e. The molecule has 1 N–H and O–H groups in total. The highest BCUT2D eigenvalue weighted by molar-refractivity contribution is 5.85. The molecule has 3 rings (SSSR count). The monoisotopic (exact) mass is 340 g/mol. The lowest BCUT2D eigenvalue weighted by Gasteiger charge is -2.30. The van der Waals surface area contributed by atoms with Gasteiger partial charge in [-0.2, -0.15) is 0 Å². The zero-order valence-corrected chi connectivity index (χ0v) is 14.7. The van der Waals surface area contributed by atoms with Crippen LogP contribution in [0.2, 0.25) is 0 Å². The molecule has 0 aromatic heterocycles. The first-order valence-corrected chi connectivity index (χ1v) is 8.28. The molecule has 1 aliphatic heterocycles. The molecule has 1 aliphatic carbocycles. The van der Waals surface area contributed by atoms with Crippen LogP contribution in [-0.4, -0.2) is 29.9 Å². The van der Waals surface area contributed by atoms with Gasteiger partial charge in [-0.25, -0.2) is 4.39 Å². The number of carbonyl (C=O) groups is 1. The predicted molar refractivity (Wildman–Crippen MR) is 92.0 cm³/mol. The maximum Gasteiger partial charge on any atom is 0.226 e.